The first-order valence-electron chi connectivity index (χ1n) is 5.02. The normalized spacial score (nSPS) is 10.2. The van der Waals surface area contributed by atoms with Crippen LogP contribution in [-0.4, -0.2) is 17.1 Å². The van der Waals surface area contributed by atoms with E-state index < -0.39 is 0 Å². The van der Waals surface area contributed by atoms with E-state index in [1.165, 1.54) is 0 Å². The SMILES string of the molecule is COc1ccccc1CSc1ncc(Br)cn1. The third kappa shape index (κ3) is 3.44. The molecule has 0 bridgehead atoms. The van der Waals surface area contributed by atoms with Gasteiger partial charge in [0, 0.05) is 23.7 Å². The van der Waals surface area contributed by atoms with E-state index in [0.29, 0.717) is 0 Å². The first kappa shape index (κ1) is 12.4. The minimum absolute atomic E-state index is 0.763. The van der Waals surface area contributed by atoms with Gasteiger partial charge in [-0.05, 0) is 22.0 Å². The summed E-state index contributed by atoms with van der Waals surface area (Å²) in [6.45, 7) is 0. The molecular formula is C12H11BrN2OS. The zero-order valence-electron chi connectivity index (χ0n) is 9.26. The standard InChI is InChI=1S/C12H11BrN2OS/c1-16-11-5-3-2-4-9(11)8-17-12-14-6-10(13)7-15-12/h2-7H,8H2,1H3. The molecule has 1 aromatic heterocycles. The molecule has 0 fully saturated rings. The van der Waals surface area contributed by atoms with E-state index in [0.717, 1.165) is 26.7 Å². The number of para-hydroxylation sites is 1. The quantitative estimate of drug-likeness (QED) is 0.639. The van der Waals surface area contributed by atoms with Crippen LogP contribution in [0.4, 0.5) is 0 Å². The van der Waals surface area contributed by atoms with E-state index in [1.54, 1.807) is 31.3 Å². The van der Waals surface area contributed by atoms with Crippen LogP contribution in [0, 0.1) is 0 Å². The summed E-state index contributed by atoms with van der Waals surface area (Å²) in [7, 11) is 1.68. The molecule has 0 N–H and O–H groups in total. The van der Waals surface area contributed by atoms with E-state index in [2.05, 4.69) is 25.9 Å². The third-order valence-electron chi connectivity index (χ3n) is 2.15. The maximum absolute atomic E-state index is 5.29. The summed E-state index contributed by atoms with van der Waals surface area (Å²) in [5, 5.41) is 0.763. The molecule has 0 aliphatic heterocycles. The fraction of sp³-hybridized carbons (Fsp3) is 0.167. The predicted octanol–water partition coefficient (Wildman–Crippen LogP) is 3.54. The maximum atomic E-state index is 5.29. The van der Waals surface area contributed by atoms with Crippen LogP contribution < -0.4 is 4.74 Å². The van der Waals surface area contributed by atoms with Crippen molar-refractivity contribution in [2.75, 3.05) is 7.11 Å². The molecule has 2 aromatic rings. The highest BCUT2D eigenvalue weighted by Gasteiger charge is 2.04. The van der Waals surface area contributed by atoms with E-state index >= 15 is 0 Å². The highest BCUT2D eigenvalue weighted by atomic mass is 79.9. The first-order chi connectivity index (χ1) is 8.29. The van der Waals surface area contributed by atoms with Crippen molar-refractivity contribution in [3.05, 3.63) is 46.7 Å². The lowest BCUT2D eigenvalue weighted by atomic mass is 10.2. The second-order valence-electron chi connectivity index (χ2n) is 3.28. The highest BCUT2D eigenvalue weighted by Crippen LogP contribution is 2.25. The van der Waals surface area contributed by atoms with Crippen LogP contribution in [0.1, 0.15) is 5.56 Å². The van der Waals surface area contributed by atoms with Crippen LogP contribution >= 0.6 is 27.7 Å². The van der Waals surface area contributed by atoms with Crippen LogP contribution in [0.5, 0.6) is 5.75 Å². The Hall–Kier alpha value is -1.07. The van der Waals surface area contributed by atoms with E-state index in [-0.39, 0.29) is 0 Å². The second-order valence-corrected chi connectivity index (χ2v) is 5.14. The van der Waals surface area contributed by atoms with Crippen molar-refractivity contribution >= 4 is 27.7 Å². The van der Waals surface area contributed by atoms with Crippen molar-refractivity contribution in [3.8, 4) is 5.75 Å². The molecule has 0 radical (unpaired) electrons. The zero-order valence-corrected chi connectivity index (χ0v) is 11.7. The monoisotopic (exact) mass is 310 g/mol. The van der Waals surface area contributed by atoms with Gasteiger partial charge in [0.1, 0.15) is 5.75 Å². The molecule has 17 heavy (non-hydrogen) atoms. The molecule has 0 saturated heterocycles. The van der Waals surface area contributed by atoms with Gasteiger partial charge in [-0.15, -0.1) is 0 Å². The summed E-state index contributed by atoms with van der Waals surface area (Å²) in [5.74, 6) is 1.70. The predicted molar refractivity (Wildman–Crippen MR) is 72.3 cm³/mol. The lowest BCUT2D eigenvalue weighted by Gasteiger charge is -2.06. The number of benzene rings is 1. The Kier molecular flexibility index (Phi) is 4.39. The summed E-state index contributed by atoms with van der Waals surface area (Å²) >= 11 is 4.90. The molecule has 3 nitrogen and oxygen atoms in total. The zero-order chi connectivity index (χ0) is 12.1. The number of hydrogen-bond acceptors (Lipinski definition) is 4. The van der Waals surface area contributed by atoms with Gasteiger partial charge in [0.2, 0.25) is 0 Å². The first-order valence-corrected chi connectivity index (χ1v) is 6.79. The molecule has 5 heteroatoms. The van der Waals surface area contributed by atoms with Crippen molar-refractivity contribution < 1.29 is 4.74 Å². The van der Waals surface area contributed by atoms with Gasteiger partial charge in [0.15, 0.2) is 5.16 Å². The Balaban J connectivity index is 2.04. The third-order valence-corrected chi connectivity index (χ3v) is 3.48. The van der Waals surface area contributed by atoms with Crippen molar-refractivity contribution in [1.82, 2.24) is 9.97 Å². The average molecular weight is 311 g/mol. The van der Waals surface area contributed by atoms with Crippen molar-refractivity contribution in [1.29, 1.82) is 0 Å². The molecule has 0 saturated carbocycles. The smallest absolute Gasteiger partial charge is 0.187 e. The summed E-state index contributed by atoms with van der Waals surface area (Å²) in [6.07, 6.45) is 3.50. The van der Waals surface area contributed by atoms with E-state index in [1.807, 2.05) is 24.3 Å². The number of methoxy groups -OCH3 is 1. The van der Waals surface area contributed by atoms with Gasteiger partial charge in [-0.25, -0.2) is 9.97 Å². The van der Waals surface area contributed by atoms with Gasteiger partial charge in [0.25, 0.3) is 0 Å². The van der Waals surface area contributed by atoms with Crippen LogP contribution in [0.15, 0.2) is 46.3 Å². The second kappa shape index (κ2) is 6.02. The summed E-state index contributed by atoms with van der Waals surface area (Å²) in [4.78, 5) is 8.43. The topological polar surface area (TPSA) is 35.0 Å². The van der Waals surface area contributed by atoms with Crippen LogP contribution in [0.25, 0.3) is 0 Å². The Bertz CT molecular complexity index is 490. The van der Waals surface area contributed by atoms with Gasteiger partial charge < -0.3 is 4.74 Å². The minimum Gasteiger partial charge on any atom is -0.496 e. The molecule has 88 valence electrons. The molecule has 1 heterocycles. The summed E-state index contributed by atoms with van der Waals surface area (Å²) in [6, 6.07) is 7.97. The molecule has 0 spiro atoms. The van der Waals surface area contributed by atoms with Crippen LogP contribution in [0.3, 0.4) is 0 Å². The molecule has 0 aliphatic rings. The number of rotatable bonds is 4. The maximum Gasteiger partial charge on any atom is 0.187 e. The van der Waals surface area contributed by atoms with Crippen molar-refractivity contribution in [2.24, 2.45) is 0 Å². The van der Waals surface area contributed by atoms with Gasteiger partial charge in [-0.1, -0.05) is 30.0 Å². The minimum atomic E-state index is 0.763. The van der Waals surface area contributed by atoms with Gasteiger partial charge >= 0.3 is 0 Å². The molecule has 0 aliphatic carbocycles. The van der Waals surface area contributed by atoms with Crippen LogP contribution in [0.2, 0.25) is 0 Å². The summed E-state index contributed by atoms with van der Waals surface area (Å²) < 4.78 is 6.18. The number of hydrogen-bond donors (Lipinski definition) is 0. The molecule has 2 rings (SSSR count). The Morgan fingerprint density at radius 2 is 1.94 bits per heavy atom. The van der Waals surface area contributed by atoms with Gasteiger partial charge in [0.05, 0.1) is 11.6 Å². The summed E-state index contributed by atoms with van der Waals surface area (Å²) in [5.41, 5.74) is 1.14. The molecular weight excluding hydrogens is 300 g/mol. The van der Waals surface area contributed by atoms with Crippen molar-refractivity contribution in [3.63, 3.8) is 0 Å². The van der Waals surface area contributed by atoms with E-state index in [4.69, 9.17) is 4.74 Å². The lowest BCUT2D eigenvalue weighted by molar-refractivity contribution is 0.411. The number of halogens is 1. The van der Waals surface area contributed by atoms with Crippen molar-refractivity contribution in [2.45, 2.75) is 10.9 Å². The lowest BCUT2D eigenvalue weighted by Crippen LogP contribution is -1.91. The molecule has 0 unspecified atom stereocenters. The fourth-order valence-electron chi connectivity index (χ4n) is 1.34. The highest BCUT2D eigenvalue weighted by molar-refractivity contribution is 9.10. The largest absolute Gasteiger partial charge is 0.496 e. The van der Waals surface area contributed by atoms with Gasteiger partial charge in [-0.2, -0.15) is 0 Å². The molecule has 1 aromatic carbocycles. The number of thioether (sulfide) groups is 1. The van der Waals surface area contributed by atoms with E-state index in [9.17, 15) is 0 Å². The number of ether oxygens (including phenoxy) is 1. The number of nitrogens with zero attached hydrogens (tertiary/aromatic N) is 2. The molecule has 0 amide bonds. The number of aromatic nitrogens is 2. The Labute approximate surface area is 113 Å². The Morgan fingerprint density at radius 3 is 2.65 bits per heavy atom. The van der Waals surface area contributed by atoms with Crippen LogP contribution in [-0.2, 0) is 5.75 Å². The molecule has 0 atom stereocenters. The van der Waals surface area contributed by atoms with Gasteiger partial charge in [-0.3, -0.25) is 0 Å². The Morgan fingerprint density at radius 1 is 1.24 bits per heavy atom. The average Bonchev–Trinajstić information content (AvgIpc) is 2.38. The fourth-order valence-corrected chi connectivity index (χ4v) is 2.32.